The van der Waals surface area contributed by atoms with Crippen LogP contribution in [-0.4, -0.2) is 24.9 Å². The smallest absolute Gasteiger partial charge is 0.232 e. The van der Waals surface area contributed by atoms with E-state index in [0.717, 1.165) is 59.3 Å². The molecule has 0 saturated heterocycles. The van der Waals surface area contributed by atoms with Crippen LogP contribution in [0.15, 0.2) is 30.3 Å². The number of benzene rings is 1. The van der Waals surface area contributed by atoms with Crippen LogP contribution in [0.1, 0.15) is 49.2 Å². The normalized spacial score (nSPS) is 15.4. The van der Waals surface area contributed by atoms with Crippen molar-refractivity contribution >= 4 is 27.6 Å². The third-order valence-electron chi connectivity index (χ3n) is 5.60. The molecule has 0 radical (unpaired) electrons. The third kappa shape index (κ3) is 4.27. The first-order chi connectivity index (χ1) is 13.9. The van der Waals surface area contributed by atoms with Crippen LogP contribution in [0.5, 0.6) is 0 Å². The minimum absolute atomic E-state index is 0.0389. The molecule has 1 aromatic carbocycles. The van der Waals surface area contributed by atoms with Crippen LogP contribution in [-0.2, 0) is 34.1 Å². The van der Waals surface area contributed by atoms with Crippen molar-refractivity contribution in [2.24, 2.45) is 5.92 Å². The predicted molar refractivity (Wildman–Crippen MR) is 116 cm³/mol. The first-order valence-corrected chi connectivity index (χ1v) is 11.9. The molecule has 152 valence electrons. The fourth-order valence-electron chi connectivity index (χ4n) is 3.80. The first kappa shape index (κ1) is 19.8. The maximum atomic E-state index is 12.3. The fourth-order valence-corrected chi connectivity index (χ4v) is 4.43. The number of carbonyl (C=O) groups is 1. The molecule has 1 saturated carbocycles. The maximum absolute atomic E-state index is 12.3. The number of hydrogen-bond donors (Lipinski definition) is 1. The van der Waals surface area contributed by atoms with E-state index in [1.54, 1.807) is 6.92 Å². The number of hydrogen-bond acceptors (Lipinski definition) is 4. The van der Waals surface area contributed by atoms with Crippen molar-refractivity contribution in [3.8, 4) is 11.1 Å². The van der Waals surface area contributed by atoms with Gasteiger partial charge in [0.1, 0.15) is 5.78 Å². The molecule has 0 aliphatic heterocycles. The Kier molecular flexibility index (Phi) is 5.30. The molecule has 1 aromatic heterocycles. The molecular formula is C23H26N2O3S. The number of pyridine rings is 1. The SMILES string of the molecule is CCc1cc(NS(=O)(=O)CC)ccc1-c1cc(CC(=O)C2CC2)nc2c1C=CC2. The molecule has 0 atom stereocenters. The summed E-state index contributed by atoms with van der Waals surface area (Å²) in [6.07, 6.45) is 8.15. The van der Waals surface area contributed by atoms with Gasteiger partial charge in [-0.05, 0) is 61.1 Å². The van der Waals surface area contributed by atoms with Gasteiger partial charge in [0.05, 0.1) is 11.4 Å². The molecule has 29 heavy (non-hydrogen) atoms. The van der Waals surface area contributed by atoms with Gasteiger partial charge in [-0.25, -0.2) is 8.42 Å². The van der Waals surface area contributed by atoms with Crippen LogP contribution in [0.3, 0.4) is 0 Å². The predicted octanol–water partition coefficient (Wildman–Crippen LogP) is 4.16. The first-order valence-electron chi connectivity index (χ1n) is 10.3. The number of aromatic nitrogens is 1. The Labute approximate surface area is 172 Å². The average molecular weight is 411 g/mol. The molecule has 0 unspecified atom stereocenters. The van der Waals surface area contributed by atoms with E-state index >= 15 is 0 Å². The summed E-state index contributed by atoms with van der Waals surface area (Å²) in [7, 11) is -3.32. The molecule has 0 spiro atoms. The lowest BCUT2D eigenvalue weighted by atomic mass is 9.93. The second-order valence-corrected chi connectivity index (χ2v) is 9.79. The number of fused-ring (bicyclic) bond motifs is 1. The van der Waals surface area contributed by atoms with Gasteiger partial charge in [0, 0.05) is 35.7 Å². The van der Waals surface area contributed by atoms with E-state index < -0.39 is 10.0 Å². The highest BCUT2D eigenvalue weighted by molar-refractivity contribution is 7.92. The van der Waals surface area contributed by atoms with Gasteiger partial charge in [0.2, 0.25) is 10.0 Å². The number of anilines is 1. The van der Waals surface area contributed by atoms with E-state index in [0.29, 0.717) is 12.1 Å². The number of aryl methyl sites for hydroxylation is 1. The molecule has 2 aliphatic rings. The van der Waals surface area contributed by atoms with E-state index in [9.17, 15) is 13.2 Å². The summed E-state index contributed by atoms with van der Waals surface area (Å²) >= 11 is 0. The number of Topliss-reactive ketones (excluding diaryl/α,β-unsaturated/α-hetero) is 1. The molecule has 2 aliphatic carbocycles. The Morgan fingerprint density at radius 1 is 1.17 bits per heavy atom. The van der Waals surface area contributed by atoms with Crippen molar-refractivity contribution in [2.45, 2.75) is 46.0 Å². The van der Waals surface area contributed by atoms with Crippen molar-refractivity contribution in [3.63, 3.8) is 0 Å². The summed E-state index contributed by atoms with van der Waals surface area (Å²) in [5, 5.41) is 0. The number of nitrogens with zero attached hydrogens (tertiary/aromatic N) is 1. The third-order valence-corrected chi connectivity index (χ3v) is 6.91. The standard InChI is InChI=1S/C23H26N2O3S/c1-3-15-12-17(25-29(27,28)4-2)10-11-19(15)21-13-18(14-23(26)16-8-9-16)24-22-7-5-6-20(21)22/h5-6,10-13,16,25H,3-4,7-9,14H2,1-2H3. The quantitative estimate of drug-likeness (QED) is 0.709. The van der Waals surface area contributed by atoms with E-state index in [1.807, 2.05) is 24.3 Å². The number of carbonyl (C=O) groups excluding carboxylic acids is 1. The summed E-state index contributed by atoms with van der Waals surface area (Å²) < 4.78 is 26.5. The zero-order chi connectivity index (χ0) is 20.6. The van der Waals surface area contributed by atoms with Crippen molar-refractivity contribution in [1.82, 2.24) is 4.98 Å². The minimum atomic E-state index is -3.32. The van der Waals surface area contributed by atoms with E-state index in [2.05, 4.69) is 23.8 Å². The zero-order valence-corrected chi connectivity index (χ0v) is 17.7. The summed E-state index contributed by atoms with van der Waals surface area (Å²) in [6.45, 7) is 3.68. The van der Waals surface area contributed by atoms with Crippen LogP contribution >= 0.6 is 0 Å². The van der Waals surface area contributed by atoms with Gasteiger partial charge in [0.25, 0.3) is 0 Å². The summed E-state index contributed by atoms with van der Waals surface area (Å²) in [5.74, 6) is 0.551. The van der Waals surface area contributed by atoms with Crippen molar-refractivity contribution in [1.29, 1.82) is 0 Å². The van der Waals surface area contributed by atoms with Crippen molar-refractivity contribution in [3.05, 3.63) is 52.9 Å². The lowest BCUT2D eigenvalue weighted by Gasteiger charge is -2.16. The van der Waals surface area contributed by atoms with Gasteiger partial charge in [-0.3, -0.25) is 14.5 Å². The minimum Gasteiger partial charge on any atom is -0.299 e. The summed E-state index contributed by atoms with van der Waals surface area (Å²) in [6, 6.07) is 7.73. The van der Waals surface area contributed by atoms with Crippen LogP contribution < -0.4 is 4.72 Å². The highest BCUT2D eigenvalue weighted by Crippen LogP contribution is 2.36. The zero-order valence-electron chi connectivity index (χ0n) is 16.9. The average Bonchev–Trinajstić information content (AvgIpc) is 3.45. The largest absolute Gasteiger partial charge is 0.299 e. The van der Waals surface area contributed by atoms with E-state index in [-0.39, 0.29) is 17.5 Å². The Morgan fingerprint density at radius 2 is 1.97 bits per heavy atom. The van der Waals surface area contributed by atoms with Crippen LogP contribution in [0.2, 0.25) is 0 Å². The topological polar surface area (TPSA) is 76.1 Å². The number of ketones is 1. The maximum Gasteiger partial charge on any atom is 0.232 e. The molecule has 0 amide bonds. The molecular weight excluding hydrogens is 384 g/mol. The summed E-state index contributed by atoms with van der Waals surface area (Å²) in [4.78, 5) is 17.1. The Hall–Kier alpha value is -2.47. The lowest BCUT2D eigenvalue weighted by molar-refractivity contribution is -0.119. The van der Waals surface area contributed by atoms with Crippen molar-refractivity contribution < 1.29 is 13.2 Å². The second kappa shape index (κ2) is 7.75. The van der Waals surface area contributed by atoms with Crippen molar-refractivity contribution in [2.75, 3.05) is 10.5 Å². The molecule has 5 nitrogen and oxygen atoms in total. The van der Waals surface area contributed by atoms with Gasteiger partial charge in [-0.2, -0.15) is 0 Å². The van der Waals surface area contributed by atoms with Crippen LogP contribution in [0.25, 0.3) is 17.2 Å². The molecule has 6 heteroatoms. The van der Waals surface area contributed by atoms with E-state index in [4.69, 9.17) is 4.98 Å². The molecule has 1 N–H and O–H groups in total. The second-order valence-electron chi connectivity index (χ2n) is 7.78. The van der Waals surface area contributed by atoms with Gasteiger partial charge >= 0.3 is 0 Å². The highest BCUT2D eigenvalue weighted by Gasteiger charge is 2.30. The van der Waals surface area contributed by atoms with Gasteiger partial charge < -0.3 is 0 Å². The Morgan fingerprint density at radius 3 is 2.66 bits per heavy atom. The molecule has 1 fully saturated rings. The van der Waals surface area contributed by atoms with Crippen LogP contribution in [0, 0.1) is 5.92 Å². The molecule has 1 heterocycles. The van der Waals surface area contributed by atoms with Gasteiger partial charge in [-0.15, -0.1) is 0 Å². The van der Waals surface area contributed by atoms with Crippen LogP contribution in [0.4, 0.5) is 5.69 Å². The Balaban J connectivity index is 1.74. The number of sulfonamides is 1. The van der Waals surface area contributed by atoms with Gasteiger partial charge in [0.15, 0.2) is 0 Å². The number of allylic oxidation sites excluding steroid dienone is 1. The van der Waals surface area contributed by atoms with E-state index in [1.165, 1.54) is 0 Å². The summed E-state index contributed by atoms with van der Waals surface area (Å²) in [5.41, 5.74) is 6.73. The number of nitrogens with one attached hydrogen (secondary N) is 1. The Bertz CT molecular complexity index is 1100. The number of rotatable bonds is 8. The highest BCUT2D eigenvalue weighted by atomic mass is 32.2. The molecule has 2 aromatic rings. The lowest BCUT2D eigenvalue weighted by Crippen LogP contribution is -2.14. The fraction of sp³-hybridized carbons (Fsp3) is 0.391. The monoisotopic (exact) mass is 410 g/mol. The van der Waals surface area contributed by atoms with Gasteiger partial charge in [-0.1, -0.05) is 25.1 Å². The molecule has 4 rings (SSSR count). The molecule has 0 bridgehead atoms.